The van der Waals surface area contributed by atoms with Gasteiger partial charge < -0.3 is 0 Å². The average Bonchev–Trinajstić information content (AvgIpc) is 2.56. The molecule has 0 N–H and O–H groups in total. The van der Waals surface area contributed by atoms with Crippen molar-refractivity contribution in [1.82, 2.24) is 0 Å². The maximum atomic E-state index is 11.4. The van der Waals surface area contributed by atoms with Crippen LogP contribution >= 0.6 is 23.1 Å². The normalized spacial score (nSPS) is 10.1. The molecule has 0 aliphatic rings. The number of carbonyl (C=O) groups excluding carboxylic acids is 1. The fourth-order valence-electron chi connectivity index (χ4n) is 0.818. The number of thioether (sulfide) groups is 1. The molecule has 0 atom stereocenters. The van der Waals surface area contributed by atoms with Crippen LogP contribution in [0, 0.1) is 0 Å². The van der Waals surface area contributed by atoms with Crippen LogP contribution in [0.1, 0.15) is 23.0 Å². The monoisotopic (exact) mass is 200 g/mol. The van der Waals surface area contributed by atoms with Crippen molar-refractivity contribution >= 4 is 28.9 Å². The van der Waals surface area contributed by atoms with Crippen LogP contribution in [-0.4, -0.2) is 17.3 Å². The molecule has 0 saturated carbocycles. The van der Waals surface area contributed by atoms with Gasteiger partial charge in [-0.1, -0.05) is 13.0 Å². The molecule has 0 saturated heterocycles. The molecule has 1 rings (SSSR count). The molecule has 1 nitrogen and oxygen atoms in total. The number of hydrogen-bond donors (Lipinski definition) is 0. The van der Waals surface area contributed by atoms with E-state index in [2.05, 4.69) is 6.92 Å². The van der Waals surface area contributed by atoms with Crippen molar-refractivity contribution in [2.75, 3.05) is 11.5 Å². The Morgan fingerprint density at radius 2 is 2.50 bits per heavy atom. The quantitative estimate of drug-likeness (QED) is 0.537. The highest BCUT2D eigenvalue weighted by Crippen LogP contribution is 2.13. The zero-order valence-electron chi connectivity index (χ0n) is 7.08. The lowest BCUT2D eigenvalue weighted by Gasteiger charge is -1.95. The van der Waals surface area contributed by atoms with Crippen LogP contribution in [0.5, 0.6) is 0 Å². The third-order valence-corrected chi connectivity index (χ3v) is 3.45. The number of carbonyl (C=O) groups is 1. The van der Waals surface area contributed by atoms with E-state index < -0.39 is 0 Å². The summed E-state index contributed by atoms with van der Waals surface area (Å²) in [4.78, 5) is 12.3. The fourth-order valence-corrected chi connectivity index (χ4v) is 2.35. The lowest BCUT2D eigenvalue weighted by Crippen LogP contribution is -1.99. The van der Waals surface area contributed by atoms with Gasteiger partial charge in [-0.15, -0.1) is 11.3 Å². The fraction of sp³-hybridized carbons (Fsp3) is 0.444. The minimum Gasteiger partial charge on any atom is -0.292 e. The van der Waals surface area contributed by atoms with Crippen molar-refractivity contribution in [1.29, 1.82) is 0 Å². The zero-order valence-corrected chi connectivity index (χ0v) is 8.71. The zero-order chi connectivity index (χ0) is 8.81. The third kappa shape index (κ3) is 2.99. The largest absolute Gasteiger partial charge is 0.292 e. The average molecular weight is 200 g/mol. The van der Waals surface area contributed by atoms with E-state index in [-0.39, 0.29) is 5.78 Å². The van der Waals surface area contributed by atoms with E-state index in [4.69, 9.17) is 0 Å². The SMILES string of the molecule is CCCSCC(=O)c1cccs1. The summed E-state index contributed by atoms with van der Waals surface area (Å²) in [5.41, 5.74) is 0. The van der Waals surface area contributed by atoms with Gasteiger partial charge in [-0.2, -0.15) is 11.8 Å². The van der Waals surface area contributed by atoms with Gasteiger partial charge in [0.15, 0.2) is 5.78 Å². The summed E-state index contributed by atoms with van der Waals surface area (Å²) < 4.78 is 0. The second-order valence-electron chi connectivity index (χ2n) is 2.45. The van der Waals surface area contributed by atoms with Crippen LogP contribution < -0.4 is 0 Å². The summed E-state index contributed by atoms with van der Waals surface area (Å²) in [5, 5.41) is 1.94. The van der Waals surface area contributed by atoms with Crippen LogP contribution in [0.25, 0.3) is 0 Å². The van der Waals surface area contributed by atoms with Gasteiger partial charge in [-0.25, -0.2) is 0 Å². The molecule has 0 spiro atoms. The first-order valence-corrected chi connectivity index (χ1v) is 6.02. The molecule has 1 heterocycles. The van der Waals surface area contributed by atoms with Crippen LogP contribution in [-0.2, 0) is 0 Å². The Balaban J connectivity index is 2.30. The van der Waals surface area contributed by atoms with E-state index in [0.717, 1.165) is 17.1 Å². The second kappa shape index (κ2) is 5.38. The molecule has 0 aliphatic heterocycles. The Morgan fingerprint density at radius 1 is 1.67 bits per heavy atom. The van der Waals surface area contributed by atoms with Gasteiger partial charge in [0.05, 0.1) is 10.6 Å². The van der Waals surface area contributed by atoms with Crippen LogP contribution in [0.15, 0.2) is 17.5 Å². The standard InChI is InChI=1S/C9H12OS2/c1-2-5-11-7-8(10)9-4-3-6-12-9/h3-4,6H,2,5,7H2,1H3. The van der Waals surface area contributed by atoms with Gasteiger partial charge in [0.1, 0.15) is 0 Å². The lowest BCUT2D eigenvalue weighted by molar-refractivity contribution is 0.102. The summed E-state index contributed by atoms with van der Waals surface area (Å²) >= 11 is 3.24. The van der Waals surface area contributed by atoms with Gasteiger partial charge in [0.25, 0.3) is 0 Å². The predicted octanol–water partition coefficient (Wildman–Crippen LogP) is 3.07. The molecule has 0 radical (unpaired) electrons. The molecule has 1 aromatic heterocycles. The molecule has 3 heteroatoms. The molecule has 66 valence electrons. The van der Waals surface area contributed by atoms with Crippen molar-refractivity contribution in [3.8, 4) is 0 Å². The van der Waals surface area contributed by atoms with E-state index in [0.29, 0.717) is 5.75 Å². The first-order valence-electron chi connectivity index (χ1n) is 3.99. The topological polar surface area (TPSA) is 17.1 Å². The summed E-state index contributed by atoms with van der Waals surface area (Å²) in [7, 11) is 0. The van der Waals surface area contributed by atoms with E-state index in [1.165, 1.54) is 11.3 Å². The Bertz CT molecular complexity index is 229. The summed E-state index contributed by atoms with van der Waals surface area (Å²) in [6.45, 7) is 2.13. The molecular weight excluding hydrogens is 188 g/mol. The van der Waals surface area contributed by atoms with E-state index in [1.807, 2.05) is 17.5 Å². The highest BCUT2D eigenvalue weighted by atomic mass is 32.2. The maximum Gasteiger partial charge on any atom is 0.182 e. The number of hydrogen-bond acceptors (Lipinski definition) is 3. The predicted molar refractivity (Wildman–Crippen MR) is 56.3 cm³/mol. The van der Waals surface area contributed by atoms with Gasteiger partial charge in [0, 0.05) is 0 Å². The van der Waals surface area contributed by atoms with Crippen molar-refractivity contribution in [3.63, 3.8) is 0 Å². The second-order valence-corrected chi connectivity index (χ2v) is 4.51. The molecule has 0 amide bonds. The number of Topliss-reactive ketones (excluding diaryl/α,β-unsaturated/α-hetero) is 1. The first-order chi connectivity index (χ1) is 5.84. The number of rotatable bonds is 5. The molecule has 0 aliphatic carbocycles. The Morgan fingerprint density at radius 3 is 3.08 bits per heavy atom. The lowest BCUT2D eigenvalue weighted by atomic mass is 10.4. The molecule has 1 aromatic rings. The maximum absolute atomic E-state index is 11.4. The van der Waals surface area contributed by atoms with Crippen molar-refractivity contribution in [2.24, 2.45) is 0 Å². The Kier molecular flexibility index (Phi) is 4.40. The van der Waals surface area contributed by atoms with Crippen molar-refractivity contribution in [2.45, 2.75) is 13.3 Å². The molecule has 0 unspecified atom stereocenters. The highest BCUT2D eigenvalue weighted by Gasteiger charge is 2.05. The molecular formula is C9H12OS2. The number of ketones is 1. The minimum atomic E-state index is 0.267. The van der Waals surface area contributed by atoms with E-state index >= 15 is 0 Å². The Labute approximate surface area is 81.2 Å². The summed E-state index contributed by atoms with van der Waals surface area (Å²) in [6.07, 6.45) is 1.14. The van der Waals surface area contributed by atoms with Gasteiger partial charge >= 0.3 is 0 Å². The van der Waals surface area contributed by atoms with Crippen LogP contribution in [0.4, 0.5) is 0 Å². The highest BCUT2D eigenvalue weighted by molar-refractivity contribution is 7.99. The van der Waals surface area contributed by atoms with Gasteiger partial charge in [-0.3, -0.25) is 4.79 Å². The molecule has 12 heavy (non-hydrogen) atoms. The van der Waals surface area contributed by atoms with E-state index in [1.54, 1.807) is 11.8 Å². The first kappa shape index (κ1) is 9.81. The van der Waals surface area contributed by atoms with Crippen LogP contribution in [0.2, 0.25) is 0 Å². The molecule has 0 aromatic carbocycles. The van der Waals surface area contributed by atoms with Crippen LogP contribution in [0.3, 0.4) is 0 Å². The number of thiophene rings is 1. The smallest absolute Gasteiger partial charge is 0.182 e. The Hall–Kier alpha value is -0.280. The minimum absolute atomic E-state index is 0.267. The van der Waals surface area contributed by atoms with Crippen molar-refractivity contribution < 1.29 is 4.79 Å². The van der Waals surface area contributed by atoms with E-state index in [9.17, 15) is 4.79 Å². The molecule has 0 bridgehead atoms. The third-order valence-electron chi connectivity index (χ3n) is 1.38. The van der Waals surface area contributed by atoms with Crippen molar-refractivity contribution in [3.05, 3.63) is 22.4 Å². The summed E-state index contributed by atoms with van der Waals surface area (Å²) in [5.74, 6) is 1.98. The van der Waals surface area contributed by atoms with Gasteiger partial charge in [0.2, 0.25) is 0 Å². The summed E-state index contributed by atoms with van der Waals surface area (Å²) in [6, 6.07) is 3.81. The van der Waals surface area contributed by atoms with Gasteiger partial charge in [-0.05, 0) is 23.6 Å². The molecule has 0 fully saturated rings.